The van der Waals surface area contributed by atoms with Crippen LogP contribution in [0.5, 0.6) is 5.75 Å². The Kier molecular flexibility index (Phi) is 6.07. The van der Waals surface area contributed by atoms with Crippen LogP contribution in [0.15, 0.2) is 53.4 Å². The third-order valence-corrected chi connectivity index (χ3v) is 6.35. The molecule has 0 unspecified atom stereocenters. The highest BCUT2D eigenvalue weighted by atomic mass is 32.2. The third kappa shape index (κ3) is 4.51. The van der Waals surface area contributed by atoms with E-state index in [0.717, 1.165) is 0 Å². The lowest BCUT2D eigenvalue weighted by Gasteiger charge is -2.31. The maximum absolute atomic E-state index is 13.0. The summed E-state index contributed by atoms with van der Waals surface area (Å²) in [6, 6.07) is 12.7. The number of hydrogen-bond acceptors (Lipinski definition) is 5. The van der Waals surface area contributed by atoms with Gasteiger partial charge in [-0.1, -0.05) is 24.3 Å². The van der Waals surface area contributed by atoms with Crippen molar-refractivity contribution in [2.45, 2.75) is 17.7 Å². The highest BCUT2D eigenvalue weighted by Crippen LogP contribution is 2.28. The standard InChI is InChI=1S/C20H23N3O5S/c1-28-17-8-4-5-9-18(17)29(26,27)22-16-7-3-2-6-15(16)20(25)23-12-10-14(11-13-23)19(21)24/h2-9,14,22H,10-13H2,1H3,(H2,21,24). The zero-order chi connectivity index (χ0) is 21.0. The minimum Gasteiger partial charge on any atom is -0.495 e. The second kappa shape index (κ2) is 8.52. The van der Waals surface area contributed by atoms with Gasteiger partial charge in [0.15, 0.2) is 0 Å². The molecule has 29 heavy (non-hydrogen) atoms. The molecule has 0 aliphatic carbocycles. The van der Waals surface area contributed by atoms with Gasteiger partial charge in [-0.25, -0.2) is 8.42 Å². The number of nitrogens with zero attached hydrogens (tertiary/aromatic N) is 1. The molecule has 2 aromatic rings. The lowest BCUT2D eigenvalue weighted by Crippen LogP contribution is -2.42. The predicted molar refractivity (Wildman–Crippen MR) is 108 cm³/mol. The van der Waals surface area contributed by atoms with E-state index in [4.69, 9.17) is 10.5 Å². The van der Waals surface area contributed by atoms with E-state index in [-0.39, 0.29) is 39.6 Å². The minimum atomic E-state index is -3.97. The first-order valence-electron chi connectivity index (χ1n) is 9.17. The molecule has 9 heteroatoms. The van der Waals surface area contributed by atoms with E-state index in [1.165, 1.54) is 19.2 Å². The maximum atomic E-state index is 13.0. The zero-order valence-electron chi connectivity index (χ0n) is 16.0. The number of benzene rings is 2. The first kappa shape index (κ1) is 20.7. The van der Waals surface area contributed by atoms with Gasteiger partial charge < -0.3 is 15.4 Å². The number of methoxy groups -OCH3 is 1. The van der Waals surface area contributed by atoms with Crippen molar-refractivity contribution < 1.29 is 22.7 Å². The van der Waals surface area contributed by atoms with Crippen LogP contribution in [0.2, 0.25) is 0 Å². The molecule has 3 rings (SSSR count). The molecule has 0 atom stereocenters. The van der Waals surface area contributed by atoms with E-state index < -0.39 is 10.0 Å². The number of nitrogens with one attached hydrogen (secondary N) is 1. The van der Waals surface area contributed by atoms with Crippen molar-refractivity contribution >= 4 is 27.5 Å². The van der Waals surface area contributed by atoms with E-state index in [1.807, 2.05) is 0 Å². The number of amides is 2. The molecular formula is C20H23N3O5S. The highest BCUT2D eigenvalue weighted by molar-refractivity contribution is 7.92. The Balaban J connectivity index is 1.84. The van der Waals surface area contributed by atoms with Crippen LogP contribution < -0.4 is 15.2 Å². The fourth-order valence-corrected chi connectivity index (χ4v) is 4.59. The number of rotatable bonds is 6. The molecule has 154 valence electrons. The first-order chi connectivity index (χ1) is 13.8. The van der Waals surface area contributed by atoms with E-state index in [2.05, 4.69) is 4.72 Å². The molecule has 1 fully saturated rings. The average molecular weight is 417 g/mol. The van der Waals surface area contributed by atoms with Crippen LogP contribution in [-0.2, 0) is 14.8 Å². The number of piperidine rings is 1. The normalized spacial score (nSPS) is 15.0. The lowest BCUT2D eigenvalue weighted by molar-refractivity contribution is -0.123. The molecule has 3 N–H and O–H groups in total. The summed E-state index contributed by atoms with van der Waals surface area (Å²) in [5.74, 6) is -0.691. The summed E-state index contributed by atoms with van der Waals surface area (Å²) in [7, 11) is -2.58. The van der Waals surface area contributed by atoms with Crippen LogP contribution >= 0.6 is 0 Å². The number of para-hydroxylation sites is 2. The molecule has 0 bridgehead atoms. The quantitative estimate of drug-likeness (QED) is 0.743. The molecule has 1 aliphatic heterocycles. The molecule has 0 saturated carbocycles. The molecule has 0 spiro atoms. The first-order valence-corrected chi connectivity index (χ1v) is 10.6. The summed E-state index contributed by atoms with van der Waals surface area (Å²) in [6.45, 7) is 0.778. The number of sulfonamides is 1. The number of carbonyl (C=O) groups excluding carboxylic acids is 2. The van der Waals surface area contributed by atoms with Crippen LogP contribution in [0, 0.1) is 5.92 Å². The molecule has 8 nitrogen and oxygen atoms in total. The van der Waals surface area contributed by atoms with Crippen LogP contribution in [0.1, 0.15) is 23.2 Å². The van der Waals surface area contributed by atoms with Crippen molar-refractivity contribution in [3.8, 4) is 5.75 Å². The Hall–Kier alpha value is -3.07. The maximum Gasteiger partial charge on any atom is 0.265 e. The second-order valence-electron chi connectivity index (χ2n) is 6.77. The second-order valence-corrected chi connectivity index (χ2v) is 8.42. The van der Waals surface area contributed by atoms with Crippen molar-refractivity contribution in [3.63, 3.8) is 0 Å². The van der Waals surface area contributed by atoms with Gasteiger partial charge >= 0.3 is 0 Å². The van der Waals surface area contributed by atoms with E-state index in [9.17, 15) is 18.0 Å². The molecule has 1 saturated heterocycles. The van der Waals surface area contributed by atoms with Gasteiger partial charge in [-0.2, -0.15) is 0 Å². The predicted octanol–water partition coefficient (Wildman–Crippen LogP) is 1.83. The van der Waals surface area contributed by atoms with Gasteiger partial charge in [-0.3, -0.25) is 14.3 Å². The summed E-state index contributed by atoms with van der Waals surface area (Å²) in [5.41, 5.74) is 5.76. The number of ether oxygens (including phenoxy) is 1. The summed E-state index contributed by atoms with van der Waals surface area (Å²) < 4.78 is 33.4. The number of likely N-dealkylation sites (tertiary alicyclic amines) is 1. The van der Waals surface area contributed by atoms with E-state index in [0.29, 0.717) is 25.9 Å². The van der Waals surface area contributed by atoms with Crippen molar-refractivity contribution in [1.29, 1.82) is 0 Å². The van der Waals surface area contributed by atoms with E-state index >= 15 is 0 Å². The van der Waals surface area contributed by atoms with Crippen LogP contribution in [-0.4, -0.2) is 45.3 Å². The highest BCUT2D eigenvalue weighted by Gasteiger charge is 2.28. The molecule has 1 heterocycles. The van der Waals surface area contributed by atoms with Crippen LogP contribution in [0.25, 0.3) is 0 Å². The molecule has 2 aromatic carbocycles. The van der Waals surface area contributed by atoms with Crippen LogP contribution in [0.3, 0.4) is 0 Å². The van der Waals surface area contributed by atoms with Gasteiger partial charge in [0.05, 0.1) is 18.4 Å². The number of nitrogens with two attached hydrogens (primary N) is 1. The van der Waals surface area contributed by atoms with Crippen molar-refractivity contribution in [3.05, 3.63) is 54.1 Å². The van der Waals surface area contributed by atoms with Gasteiger partial charge in [0.1, 0.15) is 10.6 Å². The van der Waals surface area contributed by atoms with Crippen molar-refractivity contribution in [2.24, 2.45) is 11.7 Å². The summed E-state index contributed by atoms with van der Waals surface area (Å²) in [4.78, 5) is 25.9. The monoisotopic (exact) mass is 417 g/mol. The van der Waals surface area contributed by atoms with Gasteiger partial charge in [0.25, 0.3) is 15.9 Å². The lowest BCUT2D eigenvalue weighted by atomic mass is 9.96. The van der Waals surface area contributed by atoms with E-state index in [1.54, 1.807) is 41.3 Å². The molecule has 0 aromatic heterocycles. The average Bonchev–Trinajstić information content (AvgIpc) is 2.73. The molecule has 2 amide bonds. The minimum absolute atomic E-state index is 0.0213. The fourth-order valence-electron chi connectivity index (χ4n) is 3.34. The van der Waals surface area contributed by atoms with Crippen LogP contribution in [0.4, 0.5) is 5.69 Å². The summed E-state index contributed by atoms with van der Waals surface area (Å²) in [6.07, 6.45) is 0.992. The zero-order valence-corrected chi connectivity index (χ0v) is 16.8. The third-order valence-electron chi connectivity index (χ3n) is 4.94. The topological polar surface area (TPSA) is 119 Å². The van der Waals surface area contributed by atoms with Crippen molar-refractivity contribution in [2.75, 3.05) is 24.9 Å². The number of carbonyl (C=O) groups is 2. The molecule has 0 radical (unpaired) electrons. The fraction of sp³-hybridized carbons (Fsp3) is 0.300. The number of anilines is 1. The van der Waals surface area contributed by atoms with Gasteiger partial charge in [0.2, 0.25) is 5.91 Å². The Labute approximate surface area is 169 Å². The molecular weight excluding hydrogens is 394 g/mol. The number of primary amides is 1. The summed E-state index contributed by atoms with van der Waals surface area (Å²) >= 11 is 0. The Morgan fingerprint density at radius 2 is 1.69 bits per heavy atom. The van der Waals surface area contributed by atoms with Gasteiger partial charge in [0, 0.05) is 19.0 Å². The Morgan fingerprint density at radius 3 is 2.34 bits per heavy atom. The van der Waals surface area contributed by atoms with Crippen molar-refractivity contribution in [1.82, 2.24) is 4.90 Å². The van der Waals surface area contributed by atoms with Gasteiger partial charge in [-0.05, 0) is 37.1 Å². The Morgan fingerprint density at radius 1 is 1.07 bits per heavy atom. The SMILES string of the molecule is COc1ccccc1S(=O)(=O)Nc1ccccc1C(=O)N1CCC(C(N)=O)CC1. The smallest absolute Gasteiger partial charge is 0.265 e. The number of hydrogen-bond donors (Lipinski definition) is 2. The Bertz CT molecular complexity index is 1010. The largest absolute Gasteiger partial charge is 0.495 e. The van der Waals surface area contributed by atoms with Gasteiger partial charge in [-0.15, -0.1) is 0 Å². The summed E-state index contributed by atoms with van der Waals surface area (Å²) in [5, 5.41) is 0. The molecule has 1 aliphatic rings.